The third-order valence-corrected chi connectivity index (χ3v) is 11.1. The van der Waals surface area contributed by atoms with Crippen molar-refractivity contribution in [3.8, 4) is 0 Å². The summed E-state index contributed by atoms with van der Waals surface area (Å²) in [5.41, 5.74) is -0.0167. The number of carbonyl (C=O) groups is 1. The largest absolute Gasteiger partial charge is 0.511 e. The maximum absolute atomic E-state index is 14.6. The molecule has 208 valence electrons. The smallest absolute Gasteiger partial charge is 0.287 e. The molecule has 39 heavy (non-hydrogen) atoms. The molecule has 6 rings (SSSR count). The molecule has 2 saturated carbocycles. The van der Waals surface area contributed by atoms with E-state index in [-0.39, 0.29) is 63.1 Å². The molecular weight excluding hydrogens is 574 g/mol. The van der Waals surface area contributed by atoms with Gasteiger partial charge in [-0.2, -0.15) is 8.42 Å². The molecule has 0 radical (unpaired) electrons. The zero-order valence-corrected chi connectivity index (χ0v) is 23.0. The average Bonchev–Trinajstić information content (AvgIpc) is 3.56. The minimum absolute atomic E-state index is 0.0652. The summed E-state index contributed by atoms with van der Waals surface area (Å²) < 4.78 is 83.7. The van der Waals surface area contributed by atoms with Gasteiger partial charge in [0.25, 0.3) is 15.9 Å². The third kappa shape index (κ3) is 4.44. The van der Waals surface area contributed by atoms with Crippen molar-refractivity contribution in [2.24, 2.45) is 22.2 Å². The number of thiophene rings is 1. The van der Waals surface area contributed by atoms with Crippen molar-refractivity contribution in [3.05, 3.63) is 57.7 Å². The molecule has 4 aliphatic rings. The monoisotopic (exact) mass is 598 g/mol. The molecule has 15 heteroatoms. The van der Waals surface area contributed by atoms with Gasteiger partial charge in [0.15, 0.2) is 5.84 Å². The fraction of sp³-hybridized carbons (Fsp3) is 0.417. The Morgan fingerprint density at radius 2 is 1.97 bits per heavy atom. The highest BCUT2D eigenvalue weighted by Crippen LogP contribution is 2.55. The number of halogens is 2. The predicted octanol–water partition coefficient (Wildman–Crippen LogP) is 2.86. The number of nitrogens with zero attached hydrogens (tertiary/aromatic N) is 2. The van der Waals surface area contributed by atoms with Gasteiger partial charge in [0, 0.05) is 42.2 Å². The minimum Gasteiger partial charge on any atom is -0.511 e. The molecule has 2 aliphatic heterocycles. The quantitative estimate of drug-likeness (QED) is 0.464. The number of aliphatic hydroxyl groups is 1. The van der Waals surface area contributed by atoms with E-state index in [0.717, 1.165) is 49.0 Å². The number of nitrogens with one attached hydrogen (secondary N) is 2. The fourth-order valence-electron chi connectivity index (χ4n) is 6.37. The third-order valence-electron chi connectivity index (χ3n) is 7.91. The maximum Gasteiger partial charge on any atom is 0.287 e. The lowest BCUT2D eigenvalue weighted by Gasteiger charge is -2.44. The summed E-state index contributed by atoms with van der Waals surface area (Å²) in [5, 5.41) is 15.8. The SMILES string of the molecule is CS(=O)(=O)NCc1csc2c1S(=O)(=O)N=C(C1=C(O)C3C4CCC(C4)C3N(Cc3ccc(F)cc3F)C1=O)N2. The van der Waals surface area contributed by atoms with E-state index in [2.05, 4.69) is 14.4 Å². The number of rotatable bonds is 6. The molecule has 1 aromatic heterocycles. The lowest BCUT2D eigenvalue weighted by atomic mass is 9.77. The second kappa shape index (κ2) is 9.08. The van der Waals surface area contributed by atoms with E-state index in [4.69, 9.17) is 0 Å². The second-order valence-electron chi connectivity index (χ2n) is 10.3. The number of fused-ring (bicyclic) bond motifs is 6. The van der Waals surface area contributed by atoms with Crippen LogP contribution in [0.15, 0.2) is 44.2 Å². The molecule has 0 saturated heterocycles. The van der Waals surface area contributed by atoms with Gasteiger partial charge < -0.3 is 15.3 Å². The molecular formula is C24H24F2N4O6S3. The van der Waals surface area contributed by atoms with Crippen LogP contribution in [0, 0.1) is 29.4 Å². The summed E-state index contributed by atoms with van der Waals surface area (Å²) in [6.45, 7) is -0.454. The lowest BCUT2D eigenvalue weighted by molar-refractivity contribution is -0.134. The summed E-state index contributed by atoms with van der Waals surface area (Å²) in [4.78, 5) is 15.1. The predicted molar refractivity (Wildman–Crippen MR) is 139 cm³/mol. The van der Waals surface area contributed by atoms with Crippen LogP contribution >= 0.6 is 11.3 Å². The van der Waals surface area contributed by atoms with Gasteiger partial charge in [-0.25, -0.2) is 21.9 Å². The van der Waals surface area contributed by atoms with E-state index >= 15 is 0 Å². The Hall–Kier alpha value is -2.88. The fourth-order valence-corrected chi connectivity index (χ4v) is 9.39. The number of hydrogen-bond acceptors (Lipinski definition) is 8. The standard InChI is InChI=1S/C24H24F2N4O6S3/c1-38(33,34)27-8-14-10-37-23-21(14)39(35,36)29-22(28-23)18-20(31)17-11-2-3-12(6-11)19(17)30(24(18)32)9-13-4-5-15(25)7-16(13)26/h4-5,7,10-12,17,19,27,31H,2-3,6,8-9H2,1H3,(H,28,29). The first-order valence-electron chi connectivity index (χ1n) is 12.2. The summed E-state index contributed by atoms with van der Waals surface area (Å²) in [7, 11) is -7.97. The van der Waals surface area contributed by atoms with Crippen LogP contribution in [0.1, 0.15) is 30.4 Å². The first-order valence-corrected chi connectivity index (χ1v) is 16.4. The van der Waals surface area contributed by atoms with E-state index in [1.807, 2.05) is 0 Å². The summed E-state index contributed by atoms with van der Waals surface area (Å²) in [5.74, 6) is -3.16. The van der Waals surface area contributed by atoms with Gasteiger partial charge in [0.2, 0.25) is 10.0 Å². The van der Waals surface area contributed by atoms with Crippen LogP contribution in [-0.2, 0) is 37.9 Å². The highest BCUT2D eigenvalue weighted by Gasteiger charge is 2.57. The molecule has 3 N–H and O–H groups in total. The van der Waals surface area contributed by atoms with Gasteiger partial charge in [-0.1, -0.05) is 6.07 Å². The molecule has 1 amide bonds. The highest BCUT2D eigenvalue weighted by atomic mass is 32.2. The van der Waals surface area contributed by atoms with Crippen LogP contribution in [0.3, 0.4) is 0 Å². The Morgan fingerprint density at radius 1 is 1.23 bits per heavy atom. The van der Waals surface area contributed by atoms with Gasteiger partial charge in [-0.05, 0) is 42.5 Å². The number of hydrogen-bond donors (Lipinski definition) is 3. The number of aliphatic hydroxyl groups excluding tert-OH is 1. The molecule has 1 aromatic carbocycles. The molecule has 2 fully saturated rings. The molecule has 10 nitrogen and oxygen atoms in total. The van der Waals surface area contributed by atoms with Crippen LogP contribution < -0.4 is 10.0 Å². The number of amidine groups is 1. The number of benzene rings is 1. The van der Waals surface area contributed by atoms with Gasteiger partial charge in [-0.3, -0.25) is 4.79 Å². The van der Waals surface area contributed by atoms with Crippen molar-refractivity contribution in [1.29, 1.82) is 0 Å². The Kier molecular flexibility index (Phi) is 6.13. The summed E-state index contributed by atoms with van der Waals surface area (Å²) in [6, 6.07) is 2.71. The van der Waals surface area contributed by atoms with Crippen molar-refractivity contribution in [1.82, 2.24) is 9.62 Å². The Morgan fingerprint density at radius 3 is 2.69 bits per heavy atom. The number of sulfonamides is 2. The Labute approximate surface area is 227 Å². The molecule has 4 unspecified atom stereocenters. The zero-order valence-electron chi connectivity index (χ0n) is 20.5. The molecule has 2 aromatic rings. The lowest BCUT2D eigenvalue weighted by Crippen LogP contribution is -2.53. The van der Waals surface area contributed by atoms with Crippen LogP contribution in [0.4, 0.5) is 13.8 Å². The van der Waals surface area contributed by atoms with E-state index in [9.17, 15) is 35.5 Å². The van der Waals surface area contributed by atoms with Crippen LogP contribution in [0.25, 0.3) is 0 Å². The topological polar surface area (TPSA) is 145 Å². The Bertz CT molecular complexity index is 1680. The van der Waals surface area contributed by atoms with Crippen LogP contribution in [-0.4, -0.2) is 50.9 Å². The summed E-state index contributed by atoms with van der Waals surface area (Å²) >= 11 is 0.993. The first kappa shape index (κ1) is 26.3. The van der Waals surface area contributed by atoms with Gasteiger partial charge in [0.1, 0.15) is 32.9 Å². The van der Waals surface area contributed by atoms with E-state index in [1.54, 1.807) is 0 Å². The second-order valence-corrected chi connectivity index (χ2v) is 14.6. The van der Waals surface area contributed by atoms with E-state index < -0.39 is 49.5 Å². The minimum atomic E-state index is -4.38. The van der Waals surface area contributed by atoms with E-state index in [0.29, 0.717) is 0 Å². The van der Waals surface area contributed by atoms with Crippen LogP contribution in [0.2, 0.25) is 0 Å². The molecule has 2 aliphatic carbocycles. The maximum atomic E-state index is 14.6. The Balaban J connectivity index is 1.40. The van der Waals surface area contributed by atoms with Crippen LogP contribution in [0.5, 0.6) is 0 Å². The molecule has 4 atom stereocenters. The van der Waals surface area contributed by atoms with Gasteiger partial charge in [0.05, 0.1) is 6.26 Å². The highest BCUT2D eigenvalue weighted by molar-refractivity contribution is 7.91. The van der Waals surface area contributed by atoms with Crippen molar-refractivity contribution in [2.45, 2.75) is 43.3 Å². The van der Waals surface area contributed by atoms with E-state index in [1.165, 1.54) is 16.3 Å². The zero-order chi connectivity index (χ0) is 27.9. The molecule has 3 heterocycles. The average molecular weight is 599 g/mol. The van der Waals surface area contributed by atoms with Gasteiger partial charge >= 0.3 is 0 Å². The molecule has 0 spiro atoms. The number of anilines is 1. The molecule has 2 bridgehead atoms. The van der Waals surface area contributed by atoms with Crippen molar-refractivity contribution < 1.29 is 35.5 Å². The number of amides is 1. The normalized spacial score (nSPS) is 27.3. The summed E-state index contributed by atoms with van der Waals surface area (Å²) in [6.07, 6.45) is 3.40. The number of carbonyl (C=O) groups excluding carboxylic acids is 1. The van der Waals surface area contributed by atoms with Gasteiger partial charge in [-0.15, -0.1) is 15.7 Å². The first-order chi connectivity index (χ1) is 18.3. The van der Waals surface area contributed by atoms with Crippen molar-refractivity contribution >= 4 is 48.1 Å². The van der Waals surface area contributed by atoms with Crippen molar-refractivity contribution in [2.75, 3.05) is 11.6 Å². The van der Waals surface area contributed by atoms with Crippen molar-refractivity contribution in [3.63, 3.8) is 0 Å².